The number of para-hydroxylation sites is 2. The van der Waals surface area contributed by atoms with Gasteiger partial charge in [-0.3, -0.25) is 14.9 Å². The number of ether oxygens (including phenoxy) is 2. The molecule has 0 aliphatic carbocycles. The second kappa shape index (κ2) is 8.42. The average molecular weight is 364 g/mol. The van der Waals surface area contributed by atoms with Crippen LogP contribution in [0.15, 0.2) is 42.5 Å². The summed E-state index contributed by atoms with van der Waals surface area (Å²) in [5.74, 6) is -2.77. The van der Waals surface area contributed by atoms with Crippen molar-refractivity contribution in [1.82, 2.24) is 0 Å². The lowest BCUT2D eigenvalue weighted by Crippen LogP contribution is -2.24. The second-order valence-electron chi connectivity index (χ2n) is 4.89. The standard InChI is InChI=1S/C16H13FN2O7/c17-11-6-5-10(19(23)24)7-12(11)18-15(21)8-26-16(22)9-25-14-4-2-1-3-13(14)20/h1-7,20H,8-9H2,(H,18,21). The van der Waals surface area contributed by atoms with Gasteiger partial charge in [-0.05, 0) is 18.2 Å². The highest BCUT2D eigenvalue weighted by Crippen LogP contribution is 2.24. The Hall–Kier alpha value is -3.69. The minimum atomic E-state index is -0.900. The molecule has 0 saturated carbocycles. The Morgan fingerprint density at radius 3 is 2.62 bits per heavy atom. The summed E-state index contributed by atoms with van der Waals surface area (Å²) in [5.41, 5.74) is -0.819. The minimum Gasteiger partial charge on any atom is -0.504 e. The van der Waals surface area contributed by atoms with Crippen molar-refractivity contribution >= 4 is 23.3 Å². The van der Waals surface area contributed by atoms with Gasteiger partial charge in [0.05, 0.1) is 10.6 Å². The van der Waals surface area contributed by atoms with Gasteiger partial charge in [-0.1, -0.05) is 12.1 Å². The van der Waals surface area contributed by atoms with Gasteiger partial charge < -0.3 is 19.9 Å². The van der Waals surface area contributed by atoms with Crippen LogP contribution in [0.5, 0.6) is 11.5 Å². The first-order valence-electron chi connectivity index (χ1n) is 7.17. The van der Waals surface area contributed by atoms with E-state index in [4.69, 9.17) is 4.74 Å². The molecule has 0 bridgehead atoms. The molecule has 0 aliphatic heterocycles. The van der Waals surface area contributed by atoms with Gasteiger partial charge in [0.25, 0.3) is 11.6 Å². The topological polar surface area (TPSA) is 128 Å². The summed E-state index contributed by atoms with van der Waals surface area (Å²) in [5, 5.41) is 22.2. The molecule has 1 amide bonds. The van der Waals surface area contributed by atoms with Gasteiger partial charge >= 0.3 is 5.97 Å². The predicted octanol–water partition coefficient (Wildman–Crippen LogP) is 2.00. The molecule has 0 aliphatic rings. The number of phenolic OH excluding ortho intramolecular Hbond substituents is 1. The Morgan fingerprint density at radius 1 is 1.19 bits per heavy atom. The summed E-state index contributed by atoms with van der Waals surface area (Å²) in [6, 6.07) is 8.57. The zero-order valence-electron chi connectivity index (χ0n) is 13.2. The number of nitrogens with zero attached hydrogens (tertiary/aromatic N) is 1. The summed E-state index contributed by atoms with van der Waals surface area (Å²) in [6.07, 6.45) is 0. The summed E-state index contributed by atoms with van der Waals surface area (Å²) in [7, 11) is 0. The van der Waals surface area contributed by atoms with Crippen LogP contribution >= 0.6 is 0 Å². The number of halogens is 1. The fourth-order valence-electron chi connectivity index (χ4n) is 1.81. The number of hydrogen-bond acceptors (Lipinski definition) is 7. The number of non-ortho nitro benzene ring substituents is 1. The highest BCUT2D eigenvalue weighted by atomic mass is 19.1. The maximum atomic E-state index is 13.5. The Bertz CT molecular complexity index is 841. The second-order valence-corrected chi connectivity index (χ2v) is 4.89. The van der Waals surface area contributed by atoms with E-state index in [1.807, 2.05) is 0 Å². The number of anilines is 1. The largest absolute Gasteiger partial charge is 0.504 e. The van der Waals surface area contributed by atoms with Crippen molar-refractivity contribution in [1.29, 1.82) is 0 Å². The molecule has 0 saturated heterocycles. The van der Waals surface area contributed by atoms with Crippen LogP contribution in [0.1, 0.15) is 0 Å². The Labute approximate surface area is 146 Å². The van der Waals surface area contributed by atoms with Gasteiger partial charge in [0.15, 0.2) is 24.7 Å². The molecule has 2 rings (SSSR count). The molecule has 0 fully saturated rings. The van der Waals surface area contributed by atoms with Crippen LogP contribution in [-0.2, 0) is 14.3 Å². The molecular formula is C16H13FN2O7. The van der Waals surface area contributed by atoms with Crippen LogP contribution in [-0.4, -0.2) is 35.1 Å². The first-order chi connectivity index (χ1) is 12.4. The summed E-state index contributed by atoms with van der Waals surface area (Å²) < 4.78 is 23.2. The van der Waals surface area contributed by atoms with E-state index < -0.39 is 47.2 Å². The number of aromatic hydroxyl groups is 1. The molecule has 136 valence electrons. The number of esters is 1. The number of carbonyl (C=O) groups excluding carboxylic acids is 2. The lowest BCUT2D eigenvalue weighted by Gasteiger charge is -2.09. The third kappa shape index (κ3) is 5.16. The van der Waals surface area contributed by atoms with Crippen molar-refractivity contribution in [3.63, 3.8) is 0 Å². The molecule has 2 aromatic rings. The molecule has 10 heteroatoms. The molecule has 0 radical (unpaired) electrons. The smallest absolute Gasteiger partial charge is 0.344 e. The van der Waals surface area contributed by atoms with Crippen LogP contribution in [0.2, 0.25) is 0 Å². The summed E-state index contributed by atoms with van der Waals surface area (Å²) in [4.78, 5) is 33.1. The number of nitro groups is 1. The number of nitrogens with one attached hydrogen (secondary N) is 1. The van der Waals surface area contributed by atoms with Gasteiger partial charge in [0.2, 0.25) is 0 Å². The zero-order valence-corrected chi connectivity index (χ0v) is 13.2. The summed E-state index contributed by atoms with van der Waals surface area (Å²) in [6.45, 7) is -1.30. The summed E-state index contributed by atoms with van der Waals surface area (Å²) >= 11 is 0. The lowest BCUT2D eigenvalue weighted by atomic mass is 10.2. The van der Waals surface area contributed by atoms with E-state index in [9.17, 15) is 29.2 Å². The molecule has 26 heavy (non-hydrogen) atoms. The highest BCUT2D eigenvalue weighted by Gasteiger charge is 2.15. The number of benzene rings is 2. The number of hydrogen-bond donors (Lipinski definition) is 2. The van der Waals surface area contributed by atoms with Crippen molar-refractivity contribution in [2.45, 2.75) is 0 Å². The number of carbonyl (C=O) groups is 2. The van der Waals surface area contributed by atoms with Gasteiger partial charge in [-0.15, -0.1) is 0 Å². The molecule has 0 aromatic heterocycles. The predicted molar refractivity (Wildman–Crippen MR) is 86.2 cm³/mol. The molecule has 0 heterocycles. The van der Waals surface area contributed by atoms with E-state index in [0.717, 1.165) is 18.2 Å². The first-order valence-corrected chi connectivity index (χ1v) is 7.17. The third-order valence-electron chi connectivity index (χ3n) is 3.01. The molecule has 0 atom stereocenters. The van der Waals surface area contributed by atoms with Crippen molar-refractivity contribution in [3.8, 4) is 11.5 Å². The van der Waals surface area contributed by atoms with Crippen LogP contribution in [0.3, 0.4) is 0 Å². The van der Waals surface area contributed by atoms with E-state index >= 15 is 0 Å². The van der Waals surface area contributed by atoms with Crippen molar-refractivity contribution in [2.24, 2.45) is 0 Å². The maximum absolute atomic E-state index is 13.5. The molecular weight excluding hydrogens is 351 g/mol. The molecule has 9 nitrogen and oxygen atoms in total. The first kappa shape index (κ1) is 18.6. The fraction of sp³-hybridized carbons (Fsp3) is 0.125. The molecule has 2 aromatic carbocycles. The minimum absolute atomic E-state index is 0.0626. The van der Waals surface area contributed by atoms with E-state index in [1.54, 1.807) is 12.1 Å². The van der Waals surface area contributed by atoms with Gasteiger partial charge in [0, 0.05) is 12.1 Å². The molecule has 0 unspecified atom stereocenters. The van der Waals surface area contributed by atoms with Gasteiger partial charge in [-0.2, -0.15) is 0 Å². The van der Waals surface area contributed by atoms with Crippen LogP contribution in [0.4, 0.5) is 15.8 Å². The van der Waals surface area contributed by atoms with Crippen LogP contribution in [0, 0.1) is 15.9 Å². The SMILES string of the molecule is O=C(COC(=O)COc1ccccc1O)Nc1cc([N+](=O)[O-])ccc1F. The normalized spacial score (nSPS) is 10.0. The van der Waals surface area contributed by atoms with E-state index in [1.165, 1.54) is 12.1 Å². The molecule has 0 spiro atoms. The third-order valence-corrected chi connectivity index (χ3v) is 3.01. The van der Waals surface area contributed by atoms with Gasteiger partial charge in [-0.25, -0.2) is 9.18 Å². The number of amides is 1. The monoisotopic (exact) mass is 364 g/mol. The number of rotatable bonds is 7. The maximum Gasteiger partial charge on any atom is 0.344 e. The average Bonchev–Trinajstić information content (AvgIpc) is 2.61. The Morgan fingerprint density at radius 2 is 1.92 bits per heavy atom. The van der Waals surface area contributed by atoms with Crippen molar-refractivity contribution < 1.29 is 33.5 Å². The number of phenols is 1. The van der Waals surface area contributed by atoms with Gasteiger partial charge in [0.1, 0.15) is 5.82 Å². The van der Waals surface area contributed by atoms with Crippen molar-refractivity contribution in [2.75, 3.05) is 18.5 Å². The van der Waals surface area contributed by atoms with Crippen LogP contribution in [0.25, 0.3) is 0 Å². The van der Waals surface area contributed by atoms with Crippen molar-refractivity contribution in [3.05, 3.63) is 58.4 Å². The quantitative estimate of drug-likeness (QED) is 0.437. The van der Waals surface area contributed by atoms with Crippen LogP contribution < -0.4 is 10.1 Å². The Kier molecular flexibility index (Phi) is 6.04. The fourth-order valence-corrected chi connectivity index (χ4v) is 1.81. The Balaban J connectivity index is 1.83. The highest BCUT2D eigenvalue weighted by molar-refractivity contribution is 5.93. The lowest BCUT2D eigenvalue weighted by molar-refractivity contribution is -0.384. The zero-order chi connectivity index (χ0) is 19.1. The molecule has 2 N–H and O–H groups in total. The van der Waals surface area contributed by atoms with E-state index in [0.29, 0.717) is 0 Å². The number of nitro benzene ring substituents is 1. The van der Waals surface area contributed by atoms with E-state index in [-0.39, 0.29) is 11.5 Å². The van der Waals surface area contributed by atoms with E-state index in [2.05, 4.69) is 10.1 Å².